The lowest BCUT2D eigenvalue weighted by Gasteiger charge is -2.13. The van der Waals surface area contributed by atoms with Gasteiger partial charge in [0.25, 0.3) is 5.91 Å². The van der Waals surface area contributed by atoms with E-state index in [0.29, 0.717) is 29.6 Å². The lowest BCUT2D eigenvalue weighted by Crippen LogP contribution is -2.15. The number of ether oxygens (including phenoxy) is 1. The van der Waals surface area contributed by atoms with Crippen molar-refractivity contribution in [3.63, 3.8) is 0 Å². The van der Waals surface area contributed by atoms with E-state index in [2.05, 4.69) is 29.4 Å². The van der Waals surface area contributed by atoms with Gasteiger partial charge in [-0.1, -0.05) is 26.0 Å². The Kier molecular flexibility index (Phi) is 4.24. The number of para-hydroxylation sites is 2. The van der Waals surface area contributed by atoms with Gasteiger partial charge in [0.15, 0.2) is 0 Å². The number of anilines is 2. The second kappa shape index (κ2) is 6.10. The number of nitrogen functional groups attached to an aromatic ring is 1. The van der Waals surface area contributed by atoms with Gasteiger partial charge in [-0.15, -0.1) is 0 Å². The van der Waals surface area contributed by atoms with Crippen LogP contribution in [0.15, 0.2) is 30.5 Å². The van der Waals surface area contributed by atoms with E-state index in [1.54, 1.807) is 6.07 Å². The largest absolute Gasteiger partial charge is 0.491 e. The minimum atomic E-state index is -0.347. The number of aromatic nitrogens is 2. The number of rotatable bonds is 5. The van der Waals surface area contributed by atoms with E-state index in [9.17, 15) is 4.79 Å². The Morgan fingerprint density at radius 3 is 2.85 bits per heavy atom. The summed E-state index contributed by atoms with van der Waals surface area (Å²) in [5.74, 6) is 0.690. The van der Waals surface area contributed by atoms with Crippen LogP contribution in [0.5, 0.6) is 5.75 Å². The van der Waals surface area contributed by atoms with Gasteiger partial charge in [-0.2, -0.15) is 5.10 Å². The third-order valence-corrected chi connectivity index (χ3v) is 2.60. The van der Waals surface area contributed by atoms with Gasteiger partial charge in [0.1, 0.15) is 11.4 Å². The fraction of sp³-hybridized carbons (Fsp3) is 0.286. The maximum absolute atomic E-state index is 12.1. The molecule has 0 atom stereocenters. The number of aromatic amines is 1. The quantitative estimate of drug-likeness (QED) is 0.779. The van der Waals surface area contributed by atoms with Crippen molar-refractivity contribution in [1.82, 2.24) is 10.2 Å². The molecule has 0 aliphatic carbocycles. The van der Waals surface area contributed by atoms with Crippen molar-refractivity contribution < 1.29 is 9.53 Å². The molecule has 0 bridgehead atoms. The van der Waals surface area contributed by atoms with Crippen LogP contribution in [-0.2, 0) is 0 Å². The third-order valence-electron chi connectivity index (χ3n) is 2.60. The monoisotopic (exact) mass is 274 g/mol. The van der Waals surface area contributed by atoms with Gasteiger partial charge in [-0.05, 0) is 18.1 Å². The Morgan fingerprint density at radius 1 is 1.45 bits per heavy atom. The molecule has 2 rings (SSSR count). The van der Waals surface area contributed by atoms with Crippen LogP contribution in [0, 0.1) is 5.92 Å². The topological polar surface area (TPSA) is 93.0 Å². The van der Waals surface area contributed by atoms with Crippen LogP contribution in [0.2, 0.25) is 0 Å². The number of carbonyl (C=O) groups is 1. The number of nitrogens with one attached hydrogen (secondary N) is 2. The van der Waals surface area contributed by atoms with Crippen molar-refractivity contribution >= 4 is 17.3 Å². The highest BCUT2D eigenvalue weighted by molar-refractivity contribution is 6.06. The summed E-state index contributed by atoms with van der Waals surface area (Å²) < 4.78 is 5.68. The van der Waals surface area contributed by atoms with E-state index in [0.717, 1.165) is 0 Å². The number of H-pyrrole nitrogens is 1. The molecule has 1 aromatic carbocycles. The highest BCUT2D eigenvalue weighted by Gasteiger charge is 2.14. The highest BCUT2D eigenvalue weighted by atomic mass is 16.5. The molecule has 20 heavy (non-hydrogen) atoms. The van der Waals surface area contributed by atoms with Crippen LogP contribution in [0.25, 0.3) is 0 Å². The van der Waals surface area contributed by atoms with Gasteiger partial charge in [-0.25, -0.2) is 0 Å². The molecule has 106 valence electrons. The van der Waals surface area contributed by atoms with Gasteiger partial charge >= 0.3 is 0 Å². The number of hydrogen-bond acceptors (Lipinski definition) is 4. The van der Waals surface area contributed by atoms with Crippen molar-refractivity contribution in [3.8, 4) is 5.75 Å². The Hall–Kier alpha value is -2.50. The van der Waals surface area contributed by atoms with E-state index in [1.807, 2.05) is 18.2 Å². The summed E-state index contributed by atoms with van der Waals surface area (Å²) in [6.45, 7) is 4.71. The molecule has 1 amide bonds. The normalized spacial score (nSPS) is 10.6. The van der Waals surface area contributed by atoms with E-state index in [1.165, 1.54) is 6.20 Å². The minimum absolute atomic E-state index is 0.240. The van der Waals surface area contributed by atoms with Crippen LogP contribution in [0.1, 0.15) is 24.3 Å². The fourth-order valence-corrected chi connectivity index (χ4v) is 1.61. The molecule has 2 aromatic rings. The van der Waals surface area contributed by atoms with Crippen LogP contribution < -0.4 is 15.8 Å². The Morgan fingerprint density at radius 2 is 2.20 bits per heavy atom. The summed E-state index contributed by atoms with van der Waals surface area (Å²) in [5.41, 5.74) is 6.80. The number of carbonyl (C=O) groups excluding carboxylic acids is 1. The number of amides is 1. The molecule has 0 spiro atoms. The second-order valence-electron chi connectivity index (χ2n) is 4.86. The molecule has 6 heteroatoms. The highest BCUT2D eigenvalue weighted by Crippen LogP contribution is 2.25. The molecule has 0 unspecified atom stereocenters. The summed E-state index contributed by atoms with van der Waals surface area (Å²) in [7, 11) is 0. The standard InChI is InChI=1S/C14H18N4O2/c1-9(2)8-20-12-6-4-3-5-11(12)17-14(19)13-10(15)7-16-18-13/h3-7,9H,8,15H2,1-2H3,(H,16,18)(H,17,19). The Bertz CT molecular complexity index is 592. The molecular formula is C14H18N4O2. The molecule has 0 aliphatic rings. The minimum Gasteiger partial charge on any atom is -0.491 e. The van der Waals surface area contributed by atoms with Gasteiger partial charge in [0.05, 0.1) is 24.2 Å². The molecule has 0 aliphatic heterocycles. The van der Waals surface area contributed by atoms with Crippen molar-refractivity contribution in [1.29, 1.82) is 0 Å². The fourth-order valence-electron chi connectivity index (χ4n) is 1.61. The zero-order chi connectivity index (χ0) is 14.5. The lowest BCUT2D eigenvalue weighted by atomic mass is 10.2. The van der Waals surface area contributed by atoms with Crippen LogP contribution in [0.4, 0.5) is 11.4 Å². The first-order valence-corrected chi connectivity index (χ1v) is 6.40. The maximum atomic E-state index is 12.1. The zero-order valence-electron chi connectivity index (χ0n) is 11.5. The van der Waals surface area contributed by atoms with E-state index in [-0.39, 0.29) is 11.6 Å². The summed E-state index contributed by atoms with van der Waals surface area (Å²) in [4.78, 5) is 12.1. The first-order chi connectivity index (χ1) is 9.58. The molecule has 1 heterocycles. The smallest absolute Gasteiger partial charge is 0.275 e. The predicted octanol–water partition coefficient (Wildman–Crippen LogP) is 2.28. The second-order valence-corrected chi connectivity index (χ2v) is 4.86. The lowest BCUT2D eigenvalue weighted by molar-refractivity contribution is 0.102. The van der Waals surface area contributed by atoms with Crippen molar-refractivity contribution in [2.24, 2.45) is 5.92 Å². The van der Waals surface area contributed by atoms with Gasteiger partial charge in [-0.3, -0.25) is 9.89 Å². The van der Waals surface area contributed by atoms with E-state index in [4.69, 9.17) is 10.5 Å². The van der Waals surface area contributed by atoms with Crippen molar-refractivity contribution in [2.45, 2.75) is 13.8 Å². The van der Waals surface area contributed by atoms with Crippen molar-refractivity contribution in [2.75, 3.05) is 17.7 Å². The van der Waals surface area contributed by atoms with E-state index < -0.39 is 0 Å². The maximum Gasteiger partial charge on any atom is 0.275 e. The molecule has 1 aromatic heterocycles. The Labute approximate surface area is 117 Å². The first kappa shape index (κ1) is 13.9. The van der Waals surface area contributed by atoms with Crippen molar-refractivity contribution in [3.05, 3.63) is 36.2 Å². The molecule has 0 saturated carbocycles. The summed E-state index contributed by atoms with van der Waals surface area (Å²) in [6, 6.07) is 7.28. The zero-order valence-corrected chi connectivity index (χ0v) is 11.5. The first-order valence-electron chi connectivity index (χ1n) is 6.40. The number of hydrogen-bond donors (Lipinski definition) is 3. The summed E-state index contributed by atoms with van der Waals surface area (Å²) in [6.07, 6.45) is 1.40. The molecule has 0 saturated heterocycles. The third kappa shape index (κ3) is 3.28. The Balaban J connectivity index is 2.13. The van der Waals surface area contributed by atoms with E-state index >= 15 is 0 Å². The molecule has 4 N–H and O–H groups in total. The van der Waals surface area contributed by atoms with Crippen LogP contribution in [0.3, 0.4) is 0 Å². The number of benzene rings is 1. The van der Waals surface area contributed by atoms with Crippen LogP contribution in [-0.4, -0.2) is 22.7 Å². The number of nitrogens with zero attached hydrogens (tertiary/aromatic N) is 1. The van der Waals surface area contributed by atoms with Gasteiger partial charge in [0, 0.05) is 0 Å². The predicted molar refractivity (Wildman–Crippen MR) is 77.7 cm³/mol. The average Bonchev–Trinajstić information content (AvgIpc) is 2.84. The van der Waals surface area contributed by atoms with Gasteiger partial charge in [0.2, 0.25) is 0 Å². The molecular weight excluding hydrogens is 256 g/mol. The number of nitrogens with two attached hydrogens (primary N) is 1. The summed E-state index contributed by atoms with van der Waals surface area (Å²) >= 11 is 0. The molecule has 0 fully saturated rings. The molecule has 0 radical (unpaired) electrons. The van der Waals surface area contributed by atoms with Crippen LogP contribution >= 0.6 is 0 Å². The van der Waals surface area contributed by atoms with Gasteiger partial charge < -0.3 is 15.8 Å². The molecule has 6 nitrogen and oxygen atoms in total. The SMILES string of the molecule is CC(C)COc1ccccc1NC(=O)c1[nH]ncc1N. The summed E-state index contributed by atoms with van der Waals surface area (Å²) in [5, 5.41) is 9.05. The average molecular weight is 274 g/mol.